The number of hydrogen-bond acceptors (Lipinski definition) is 6. The van der Waals surface area contributed by atoms with E-state index in [9.17, 15) is 19.2 Å². The SMILES string of the molecule is Cc1cn(CCn2cc(Cn3cc(C)c(=O)[nH]c3=O)nn2)c(=O)[nH]c1=O. The van der Waals surface area contributed by atoms with Crippen LogP contribution in [-0.2, 0) is 19.6 Å². The van der Waals surface area contributed by atoms with Crippen LogP contribution >= 0.6 is 0 Å². The molecule has 11 heteroatoms. The van der Waals surface area contributed by atoms with Crippen molar-refractivity contribution in [2.24, 2.45) is 0 Å². The average molecular weight is 359 g/mol. The van der Waals surface area contributed by atoms with Crippen LogP contribution in [0.1, 0.15) is 16.8 Å². The molecular weight excluding hydrogens is 342 g/mol. The number of nitrogens with zero attached hydrogens (tertiary/aromatic N) is 5. The van der Waals surface area contributed by atoms with E-state index in [0.29, 0.717) is 29.9 Å². The summed E-state index contributed by atoms with van der Waals surface area (Å²) in [6.45, 7) is 4.05. The third kappa shape index (κ3) is 3.61. The van der Waals surface area contributed by atoms with Gasteiger partial charge < -0.3 is 0 Å². The van der Waals surface area contributed by atoms with Gasteiger partial charge in [-0.3, -0.25) is 33.4 Å². The van der Waals surface area contributed by atoms with Gasteiger partial charge in [0.05, 0.1) is 19.3 Å². The minimum absolute atomic E-state index is 0.161. The lowest BCUT2D eigenvalue weighted by molar-refractivity contribution is 0.503. The van der Waals surface area contributed by atoms with Gasteiger partial charge in [-0.15, -0.1) is 5.10 Å². The molecule has 0 spiro atoms. The third-order valence-corrected chi connectivity index (χ3v) is 3.87. The van der Waals surface area contributed by atoms with E-state index in [2.05, 4.69) is 20.3 Å². The van der Waals surface area contributed by atoms with Gasteiger partial charge in [-0.2, -0.15) is 0 Å². The third-order valence-electron chi connectivity index (χ3n) is 3.87. The van der Waals surface area contributed by atoms with E-state index in [1.165, 1.54) is 26.2 Å². The molecular formula is C15H17N7O4. The van der Waals surface area contributed by atoms with Crippen molar-refractivity contribution in [3.05, 3.63) is 77.1 Å². The van der Waals surface area contributed by atoms with E-state index in [-0.39, 0.29) is 6.54 Å². The molecule has 11 nitrogen and oxygen atoms in total. The summed E-state index contributed by atoms with van der Waals surface area (Å²) in [5.41, 5.74) is -0.445. The van der Waals surface area contributed by atoms with Crippen molar-refractivity contribution < 1.29 is 0 Å². The first-order valence-corrected chi connectivity index (χ1v) is 7.83. The van der Waals surface area contributed by atoms with Crippen molar-refractivity contribution in [2.75, 3.05) is 0 Å². The van der Waals surface area contributed by atoms with Gasteiger partial charge in [0.15, 0.2) is 0 Å². The Kier molecular flexibility index (Phi) is 4.52. The highest BCUT2D eigenvalue weighted by molar-refractivity contribution is 5.03. The Labute approximate surface area is 145 Å². The Hall–Kier alpha value is -3.50. The monoisotopic (exact) mass is 359 g/mol. The number of rotatable bonds is 5. The van der Waals surface area contributed by atoms with Crippen LogP contribution in [0.4, 0.5) is 0 Å². The normalized spacial score (nSPS) is 11.0. The maximum absolute atomic E-state index is 11.8. The minimum Gasteiger partial charge on any atom is -0.298 e. The van der Waals surface area contributed by atoms with Crippen molar-refractivity contribution in [1.29, 1.82) is 0 Å². The summed E-state index contributed by atoms with van der Waals surface area (Å²) < 4.78 is 4.25. The van der Waals surface area contributed by atoms with Crippen molar-refractivity contribution in [2.45, 2.75) is 33.5 Å². The van der Waals surface area contributed by atoms with Gasteiger partial charge >= 0.3 is 11.4 Å². The van der Waals surface area contributed by atoms with E-state index in [0.717, 1.165) is 0 Å². The van der Waals surface area contributed by atoms with Crippen LogP contribution in [0, 0.1) is 13.8 Å². The fraction of sp³-hybridized carbons (Fsp3) is 0.333. The maximum atomic E-state index is 11.8. The largest absolute Gasteiger partial charge is 0.328 e. The number of aromatic amines is 2. The number of aryl methyl sites for hydroxylation is 4. The van der Waals surface area contributed by atoms with E-state index in [1.54, 1.807) is 20.0 Å². The van der Waals surface area contributed by atoms with Crippen LogP contribution in [0.5, 0.6) is 0 Å². The highest BCUT2D eigenvalue weighted by atomic mass is 16.2. The van der Waals surface area contributed by atoms with E-state index >= 15 is 0 Å². The Bertz CT molecular complexity index is 1180. The predicted molar refractivity (Wildman–Crippen MR) is 91.2 cm³/mol. The van der Waals surface area contributed by atoms with Crippen molar-refractivity contribution in [1.82, 2.24) is 34.1 Å². The summed E-state index contributed by atoms with van der Waals surface area (Å²) in [6.07, 6.45) is 4.60. The molecule has 3 rings (SSSR count). The molecule has 0 aliphatic carbocycles. The standard InChI is InChI=1S/C15H17N7O4/c1-9-5-20(14(25)16-12(9)23)3-4-22-8-11(18-19-22)7-21-6-10(2)13(24)17-15(21)26/h5-6,8H,3-4,7H2,1-2H3,(H,16,23,25)(H,17,24,26). The van der Waals surface area contributed by atoms with Crippen molar-refractivity contribution in [3.63, 3.8) is 0 Å². The fourth-order valence-electron chi connectivity index (χ4n) is 2.43. The van der Waals surface area contributed by atoms with E-state index in [4.69, 9.17) is 0 Å². The highest BCUT2D eigenvalue weighted by Crippen LogP contribution is 1.97. The molecule has 0 bridgehead atoms. The molecule has 0 radical (unpaired) electrons. The molecule has 26 heavy (non-hydrogen) atoms. The Morgan fingerprint density at radius 2 is 1.42 bits per heavy atom. The van der Waals surface area contributed by atoms with E-state index < -0.39 is 22.5 Å². The summed E-state index contributed by atoms with van der Waals surface area (Å²) in [5, 5.41) is 7.95. The van der Waals surface area contributed by atoms with Crippen LogP contribution in [0.25, 0.3) is 0 Å². The van der Waals surface area contributed by atoms with Gasteiger partial charge in [0.2, 0.25) is 0 Å². The Balaban J connectivity index is 1.73. The Morgan fingerprint density at radius 3 is 2.08 bits per heavy atom. The molecule has 2 N–H and O–H groups in total. The molecule has 0 saturated heterocycles. The smallest absolute Gasteiger partial charge is 0.298 e. The van der Waals surface area contributed by atoms with Crippen LogP contribution in [-0.4, -0.2) is 34.1 Å². The average Bonchev–Trinajstić information content (AvgIpc) is 3.02. The molecule has 3 aromatic heterocycles. The maximum Gasteiger partial charge on any atom is 0.328 e. The summed E-state index contributed by atoms with van der Waals surface area (Å²) >= 11 is 0. The summed E-state index contributed by atoms with van der Waals surface area (Å²) in [7, 11) is 0. The zero-order valence-corrected chi connectivity index (χ0v) is 14.2. The topological polar surface area (TPSA) is 140 Å². The lowest BCUT2D eigenvalue weighted by Gasteiger charge is -2.05. The first-order valence-electron chi connectivity index (χ1n) is 7.83. The van der Waals surface area contributed by atoms with Crippen molar-refractivity contribution in [3.8, 4) is 0 Å². The van der Waals surface area contributed by atoms with Gasteiger partial charge in [0, 0.05) is 30.1 Å². The number of nitrogens with one attached hydrogen (secondary N) is 2. The first-order chi connectivity index (χ1) is 12.3. The van der Waals surface area contributed by atoms with E-state index in [1.807, 2.05) is 0 Å². The second-order valence-electron chi connectivity index (χ2n) is 5.94. The molecule has 0 aromatic carbocycles. The molecule has 136 valence electrons. The van der Waals surface area contributed by atoms with Crippen LogP contribution < -0.4 is 22.5 Å². The summed E-state index contributed by atoms with van der Waals surface area (Å²) in [4.78, 5) is 50.8. The van der Waals surface area contributed by atoms with Gasteiger partial charge in [0.25, 0.3) is 11.1 Å². The molecule has 3 aromatic rings. The molecule has 0 aliphatic rings. The molecule has 3 heterocycles. The lowest BCUT2D eigenvalue weighted by Crippen LogP contribution is -2.31. The van der Waals surface area contributed by atoms with Gasteiger partial charge in [-0.05, 0) is 13.8 Å². The highest BCUT2D eigenvalue weighted by Gasteiger charge is 2.07. The van der Waals surface area contributed by atoms with Crippen LogP contribution in [0.2, 0.25) is 0 Å². The van der Waals surface area contributed by atoms with Crippen LogP contribution in [0.15, 0.2) is 37.8 Å². The van der Waals surface area contributed by atoms with Gasteiger partial charge in [0.1, 0.15) is 5.69 Å². The zero-order valence-electron chi connectivity index (χ0n) is 14.2. The second kappa shape index (κ2) is 6.78. The summed E-state index contributed by atoms with van der Waals surface area (Å²) in [6, 6.07) is 0. The predicted octanol–water partition coefficient (Wildman–Crippen LogP) is -1.66. The fourth-order valence-corrected chi connectivity index (χ4v) is 2.43. The zero-order chi connectivity index (χ0) is 18.8. The number of H-pyrrole nitrogens is 2. The van der Waals surface area contributed by atoms with Gasteiger partial charge in [-0.1, -0.05) is 5.21 Å². The molecule has 0 amide bonds. The van der Waals surface area contributed by atoms with Crippen molar-refractivity contribution >= 4 is 0 Å². The number of hydrogen-bond donors (Lipinski definition) is 2. The van der Waals surface area contributed by atoms with Crippen LogP contribution in [0.3, 0.4) is 0 Å². The second-order valence-corrected chi connectivity index (χ2v) is 5.94. The Morgan fingerprint density at radius 1 is 0.846 bits per heavy atom. The molecule has 0 fully saturated rings. The quantitative estimate of drug-likeness (QED) is 0.559. The molecule has 0 unspecified atom stereocenters. The molecule has 0 saturated carbocycles. The lowest BCUT2D eigenvalue weighted by atomic mass is 10.3. The molecule has 0 aliphatic heterocycles. The number of aromatic nitrogens is 7. The summed E-state index contributed by atoms with van der Waals surface area (Å²) in [5.74, 6) is 0. The molecule has 0 atom stereocenters. The first kappa shape index (κ1) is 17.3. The van der Waals surface area contributed by atoms with Gasteiger partial charge in [-0.25, -0.2) is 9.59 Å². The minimum atomic E-state index is -0.523.